The minimum atomic E-state index is -0.919. The number of ether oxygens (including phenoxy) is 1. The van der Waals surface area contributed by atoms with E-state index >= 15 is 0 Å². The molecular weight excluding hydrogens is 254 g/mol. The predicted octanol–water partition coefficient (Wildman–Crippen LogP) is 3.02. The van der Waals surface area contributed by atoms with E-state index in [0.717, 1.165) is 24.1 Å². The Labute approximate surface area is 119 Å². The third kappa shape index (κ3) is 2.13. The van der Waals surface area contributed by atoms with E-state index in [1.807, 2.05) is 12.1 Å². The van der Waals surface area contributed by atoms with Gasteiger partial charge in [-0.05, 0) is 36.8 Å². The summed E-state index contributed by atoms with van der Waals surface area (Å²) in [6.07, 6.45) is 2.41. The maximum atomic E-state index is 11.3. The van der Waals surface area contributed by atoms with Crippen molar-refractivity contribution in [1.29, 1.82) is 0 Å². The highest BCUT2D eigenvalue weighted by Gasteiger charge is 2.37. The van der Waals surface area contributed by atoms with Crippen LogP contribution in [0, 0.1) is 11.8 Å². The summed E-state index contributed by atoms with van der Waals surface area (Å²) in [5.41, 5.74) is 1.22. The standard InChI is InChI=1S/C16H21NO3/c1-10(2)11-8-12(9-11)17-6-7-20-15-13(16(18)19)4-3-5-14(15)17/h3-5,10-12H,6-9H2,1-2H3,(H,18,19). The molecule has 1 N–H and O–H groups in total. The van der Waals surface area contributed by atoms with Crippen molar-refractivity contribution >= 4 is 11.7 Å². The summed E-state index contributed by atoms with van der Waals surface area (Å²) >= 11 is 0. The molecule has 1 aliphatic heterocycles. The number of fused-ring (bicyclic) bond motifs is 1. The van der Waals surface area contributed by atoms with Crippen molar-refractivity contribution in [3.8, 4) is 5.75 Å². The zero-order chi connectivity index (χ0) is 14.3. The Bertz CT molecular complexity index is 520. The molecule has 4 heteroatoms. The molecular formula is C16H21NO3. The highest BCUT2D eigenvalue weighted by molar-refractivity contribution is 5.93. The number of para-hydroxylation sites is 1. The molecule has 1 aromatic rings. The van der Waals surface area contributed by atoms with Gasteiger partial charge in [-0.15, -0.1) is 0 Å². The monoisotopic (exact) mass is 275 g/mol. The van der Waals surface area contributed by atoms with Crippen LogP contribution in [0.4, 0.5) is 5.69 Å². The Hall–Kier alpha value is -1.71. The van der Waals surface area contributed by atoms with Crippen molar-refractivity contribution in [2.24, 2.45) is 11.8 Å². The summed E-state index contributed by atoms with van der Waals surface area (Å²) < 4.78 is 5.62. The number of aromatic carboxylic acids is 1. The lowest BCUT2D eigenvalue weighted by atomic mass is 9.73. The van der Waals surface area contributed by atoms with Gasteiger partial charge < -0.3 is 14.7 Å². The van der Waals surface area contributed by atoms with Gasteiger partial charge in [-0.2, -0.15) is 0 Å². The first-order chi connectivity index (χ1) is 9.58. The fourth-order valence-electron chi connectivity index (χ4n) is 3.25. The van der Waals surface area contributed by atoms with Crippen molar-refractivity contribution in [2.75, 3.05) is 18.1 Å². The van der Waals surface area contributed by atoms with Crippen molar-refractivity contribution in [2.45, 2.75) is 32.7 Å². The largest absolute Gasteiger partial charge is 0.489 e. The lowest BCUT2D eigenvalue weighted by molar-refractivity contribution is 0.0691. The van der Waals surface area contributed by atoms with Crippen LogP contribution in [0.5, 0.6) is 5.75 Å². The summed E-state index contributed by atoms with van der Waals surface area (Å²) in [7, 11) is 0. The van der Waals surface area contributed by atoms with Gasteiger partial charge in [0.2, 0.25) is 0 Å². The van der Waals surface area contributed by atoms with Crippen LogP contribution in [0.15, 0.2) is 18.2 Å². The van der Waals surface area contributed by atoms with Crippen LogP contribution >= 0.6 is 0 Å². The molecule has 0 amide bonds. The van der Waals surface area contributed by atoms with E-state index in [9.17, 15) is 9.90 Å². The van der Waals surface area contributed by atoms with Gasteiger partial charge in [0.15, 0.2) is 5.75 Å². The molecule has 0 unspecified atom stereocenters. The molecule has 1 saturated carbocycles. The van der Waals surface area contributed by atoms with E-state index in [2.05, 4.69) is 18.7 Å². The fourth-order valence-corrected chi connectivity index (χ4v) is 3.25. The normalized spacial score (nSPS) is 24.9. The van der Waals surface area contributed by atoms with Crippen molar-refractivity contribution < 1.29 is 14.6 Å². The summed E-state index contributed by atoms with van der Waals surface area (Å²) in [6.45, 7) is 5.97. The van der Waals surface area contributed by atoms with E-state index in [1.54, 1.807) is 6.07 Å². The van der Waals surface area contributed by atoms with E-state index in [4.69, 9.17) is 4.74 Å². The van der Waals surface area contributed by atoms with Gasteiger partial charge in [0.1, 0.15) is 12.2 Å². The molecule has 0 aromatic heterocycles. The molecule has 1 aliphatic carbocycles. The van der Waals surface area contributed by atoms with E-state index in [0.29, 0.717) is 18.4 Å². The maximum absolute atomic E-state index is 11.3. The van der Waals surface area contributed by atoms with Crippen molar-refractivity contribution in [1.82, 2.24) is 0 Å². The SMILES string of the molecule is CC(C)C1CC(N2CCOc3c(C(=O)O)cccc32)C1. The molecule has 0 spiro atoms. The molecule has 1 fully saturated rings. The average Bonchev–Trinajstić information content (AvgIpc) is 2.36. The average molecular weight is 275 g/mol. The Morgan fingerprint density at radius 2 is 2.15 bits per heavy atom. The molecule has 0 bridgehead atoms. The summed E-state index contributed by atoms with van der Waals surface area (Å²) in [5.74, 6) is 1.16. The number of carboxylic acids is 1. The topological polar surface area (TPSA) is 49.8 Å². The van der Waals surface area contributed by atoms with Gasteiger partial charge in [0, 0.05) is 6.04 Å². The number of nitrogens with zero attached hydrogens (tertiary/aromatic N) is 1. The Morgan fingerprint density at radius 3 is 2.80 bits per heavy atom. The summed E-state index contributed by atoms with van der Waals surface area (Å²) in [6, 6.07) is 5.93. The first-order valence-electron chi connectivity index (χ1n) is 7.33. The van der Waals surface area contributed by atoms with Gasteiger partial charge in [-0.25, -0.2) is 4.79 Å². The second-order valence-electron chi connectivity index (χ2n) is 6.13. The van der Waals surface area contributed by atoms with Crippen LogP contribution in [0.25, 0.3) is 0 Å². The third-order valence-electron chi connectivity index (χ3n) is 4.65. The predicted molar refractivity (Wildman–Crippen MR) is 77.6 cm³/mol. The minimum Gasteiger partial charge on any atom is -0.489 e. The summed E-state index contributed by atoms with van der Waals surface area (Å²) in [4.78, 5) is 13.6. The molecule has 20 heavy (non-hydrogen) atoms. The zero-order valence-corrected chi connectivity index (χ0v) is 12.0. The number of hydrogen-bond donors (Lipinski definition) is 1. The third-order valence-corrected chi connectivity index (χ3v) is 4.65. The number of carbonyl (C=O) groups is 1. The van der Waals surface area contributed by atoms with Crippen LogP contribution < -0.4 is 9.64 Å². The van der Waals surface area contributed by atoms with E-state index in [-0.39, 0.29) is 5.56 Å². The van der Waals surface area contributed by atoms with Gasteiger partial charge in [0.25, 0.3) is 0 Å². The summed E-state index contributed by atoms with van der Waals surface area (Å²) in [5, 5.41) is 9.25. The van der Waals surface area contributed by atoms with E-state index < -0.39 is 5.97 Å². The Balaban J connectivity index is 1.85. The number of benzene rings is 1. The Morgan fingerprint density at radius 1 is 1.40 bits per heavy atom. The molecule has 0 atom stereocenters. The molecule has 1 heterocycles. The smallest absolute Gasteiger partial charge is 0.339 e. The number of hydrogen-bond acceptors (Lipinski definition) is 3. The first kappa shape index (κ1) is 13.3. The molecule has 0 radical (unpaired) electrons. The Kier molecular flexibility index (Phi) is 3.32. The molecule has 4 nitrogen and oxygen atoms in total. The number of rotatable bonds is 3. The van der Waals surface area contributed by atoms with E-state index in [1.165, 1.54) is 12.8 Å². The second-order valence-corrected chi connectivity index (χ2v) is 6.13. The van der Waals surface area contributed by atoms with Gasteiger partial charge >= 0.3 is 5.97 Å². The fraction of sp³-hybridized carbons (Fsp3) is 0.562. The molecule has 3 rings (SSSR count). The lowest BCUT2D eigenvalue weighted by Gasteiger charge is -2.47. The maximum Gasteiger partial charge on any atom is 0.339 e. The lowest BCUT2D eigenvalue weighted by Crippen LogP contribution is -2.49. The molecule has 1 aromatic carbocycles. The molecule has 108 valence electrons. The van der Waals surface area contributed by atoms with Gasteiger partial charge in [0.05, 0.1) is 12.2 Å². The van der Waals surface area contributed by atoms with Crippen molar-refractivity contribution in [3.05, 3.63) is 23.8 Å². The van der Waals surface area contributed by atoms with Crippen molar-refractivity contribution in [3.63, 3.8) is 0 Å². The van der Waals surface area contributed by atoms with Crippen LogP contribution in [-0.2, 0) is 0 Å². The highest BCUT2D eigenvalue weighted by atomic mass is 16.5. The zero-order valence-electron chi connectivity index (χ0n) is 12.0. The van der Waals surface area contributed by atoms with Gasteiger partial charge in [-0.1, -0.05) is 19.9 Å². The number of anilines is 1. The molecule has 0 saturated heterocycles. The highest BCUT2D eigenvalue weighted by Crippen LogP contribution is 2.43. The quantitative estimate of drug-likeness (QED) is 0.921. The number of carboxylic acid groups (broad SMARTS) is 1. The first-order valence-corrected chi connectivity index (χ1v) is 7.33. The second kappa shape index (κ2) is 5.00. The van der Waals surface area contributed by atoms with Crippen LogP contribution in [0.1, 0.15) is 37.0 Å². The minimum absolute atomic E-state index is 0.270. The van der Waals surface area contributed by atoms with Crippen LogP contribution in [-0.4, -0.2) is 30.3 Å². The van der Waals surface area contributed by atoms with Crippen LogP contribution in [0.2, 0.25) is 0 Å². The van der Waals surface area contributed by atoms with Gasteiger partial charge in [-0.3, -0.25) is 0 Å². The molecule has 2 aliphatic rings. The van der Waals surface area contributed by atoms with Crippen LogP contribution in [0.3, 0.4) is 0 Å².